The third-order valence-electron chi connectivity index (χ3n) is 2.49. The Morgan fingerprint density at radius 1 is 1.25 bits per heavy atom. The van der Waals surface area contributed by atoms with Gasteiger partial charge in [-0.25, -0.2) is 9.37 Å². The fourth-order valence-corrected chi connectivity index (χ4v) is 1.78. The van der Waals surface area contributed by atoms with E-state index in [1.165, 1.54) is 14.2 Å². The summed E-state index contributed by atoms with van der Waals surface area (Å²) in [5.74, 6) is 0.0638. The SMILES string of the molecule is COc1cc(Nc2nc(N)ncc2F)c(OC)cc1Cl. The molecule has 3 N–H and O–H groups in total. The van der Waals surface area contributed by atoms with Gasteiger partial charge in [-0.1, -0.05) is 11.6 Å². The molecule has 0 aliphatic rings. The predicted molar refractivity (Wildman–Crippen MR) is 74.2 cm³/mol. The Labute approximate surface area is 119 Å². The van der Waals surface area contributed by atoms with Crippen molar-refractivity contribution >= 4 is 29.1 Å². The molecule has 8 heteroatoms. The van der Waals surface area contributed by atoms with Crippen LogP contribution in [0.25, 0.3) is 0 Å². The van der Waals surface area contributed by atoms with Gasteiger partial charge in [-0.3, -0.25) is 0 Å². The van der Waals surface area contributed by atoms with Gasteiger partial charge in [0, 0.05) is 12.1 Å². The van der Waals surface area contributed by atoms with Crippen LogP contribution in [0.2, 0.25) is 5.02 Å². The number of nitrogen functional groups attached to an aromatic ring is 1. The molecule has 0 fully saturated rings. The number of benzene rings is 1. The van der Waals surface area contributed by atoms with Gasteiger partial charge in [-0.15, -0.1) is 0 Å². The largest absolute Gasteiger partial charge is 0.495 e. The van der Waals surface area contributed by atoms with Crippen molar-refractivity contribution in [2.75, 3.05) is 25.3 Å². The first kappa shape index (κ1) is 14.1. The van der Waals surface area contributed by atoms with Gasteiger partial charge < -0.3 is 20.5 Å². The van der Waals surface area contributed by atoms with Crippen LogP contribution in [0.1, 0.15) is 0 Å². The van der Waals surface area contributed by atoms with Crippen molar-refractivity contribution in [2.45, 2.75) is 0 Å². The fraction of sp³-hybridized carbons (Fsp3) is 0.167. The molecule has 106 valence electrons. The molecule has 0 amide bonds. The number of rotatable bonds is 4. The monoisotopic (exact) mass is 298 g/mol. The van der Waals surface area contributed by atoms with Crippen LogP contribution in [0, 0.1) is 5.82 Å². The summed E-state index contributed by atoms with van der Waals surface area (Å²) in [7, 11) is 2.94. The average Bonchev–Trinajstić information content (AvgIpc) is 2.44. The minimum Gasteiger partial charge on any atom is -0.495 e. The number of anilines is 3. The second-order valence-corrected chi connectivity index (χ2v) is 4.14. The number of aromatic nitrogens is 2. The van der Waals surface area contributed by atoms with Crippen molar-refractivity contribution in [3.63, 3.8) is 0 Å². The highest BCUT2D eigenvalue weighted by Crippen LogP contribution is 2.37. The summed E-state index contributed by atoms with van der Waals surface area (Å²) in [6, 6.07) is 3.12. The van der Waals surface area contributed by atoms with Crippen LogP contribution < -0.4 is 20.5 Å². The molecule has 2 aromatic rings. The van der Waals surface area contributed by atoms with E-state index in [1.54, 1.807) is 12.1 Å². The molecule has 0 saturated carbocycles. The Bertz CT molecular complexity index is 639. The number of nitrogens with zero attached hydrogens (tertiary/aromatic N) is 2. The minimum atomic E-state index is -0.643. The molecule has 20 heavy (non-hydrogen) atoms. The summed E-state index contributed by atoms with van der Waals surface area (Å²) in [5.41, 5.74) is 5.86. The van der Waals surface area contributed by atoms with E-state index < -0.39 is 5.82 Å². The molecule has 1 heterocycles. The number of nitrogens with one attached hydrogen (secondary N) is 1. The van der Waals surface area contributed by atoms with Gasteiger partial charge >= 0.3 is 0 Å². The normalized spacial score (nSPS) is 10.2. The van der Waals surface area contributed by atoms with E-state index in [0.717, 1.165) is 6.20 Å². The number of hydrogen-bond donors (Lipinski definition) is 2. The summed E-state index contributed by atoms with van der Waals surface area (Å²) in [5, 5.41) is 3.14. The van der Waals surface area contributed by atoms with Crippen molar-refractivity contribution in [1.29, 1.82) is 0 Å². The van der Waals surface area contributed by atoms with E-state index in [2.05, 4.69) is 15.3 Å². The quantitative estimate of drug-likeness (QED) is 0.903. The van der Waals surface area contributed by atoms with Crippen molar-refractivity contribution in [3.05, 3.63) is 29.2 Å². The Morgan fingerprint density at radius 3 is 2.60 bits per heavy atom. The molecule has 0 spiro atoms. The number of halogens is 2. The molecule has 0 unspecified atom stereocenters. The van der Waals surface area contributed by atoms with Crippen LogP contribution >= 0.6 is 11.6 Å². The molecule has 0 radical (unpaired) electrons. The Morgan fingerprint density at radius 2 is 1.95 bits per heavy atom. The van der Waals surface area contributed by atoms with Crippen LogP contribution in [0.5, 0.6) is 11.5 Å². The summed E-state index contributed by atoms with van der Waals surface area (Å²) in [6.45, 7) is 0. The van der Waals surface area contributed by atoms with Crippen molar-refractivity contribution in [3.8, 4) is 11.5 Å². The molecular weight excluding hydrogens is 287 g/mol. The van der Waals surface area contributed by atoms with E-state index >= 15 is 0 Å². The van der Waals surface area contributed by atoms with Gasteiger partial charge in [0.15, 0.2) is 11.6 Å². The Hall–Kier alpha value is -2.28. The molecule has 0 saturated heterocycles. The lowest BCUT2D eigenvalue weighted by atomic mass is 10.2. The molecular formula is C12H12ClFN4O2. The number of ether oxygens (including phenoxy) is 2. The second-order valence-electron chi connectivity index (χ2n) is 3.74. The van der Waals surface area contributed by atoms with Crippen LogP contribution in [-0.4, -0.2) is 24.2 Å². The maximum atomic E-state index is 13.6. The molecule has 2 rings (SSSR count). The van der Waals surface area contributed by atoms with E-state index in [4.69, 9.17) is 26.8 Å². The van der Waals surface area contributed by atoms with Gasteiger partial charge in [0.05, 0.1) is 31.1 Å². The zero-order chi connectivity index (χ0) is 14.7. The van der Waals surface area contributed by atoms with Gasteiger partial charge in [0.25, 0.3) is 0 Å². The van der Waals surface area contributed by atoms with Gasteiger partial charge in [-0.2, -0.15) is 4.98 Å². The average molecular weight is 299 g/mol. The molecule has 0 aliphatic carbocycles. The highest BCUT2D eigenvalue weighted by Gasteiger charge is 2.13. The molecule has 0 aliphatic heterocycles. The summed E-state index contributed by atoms with van der Waals surface area (Å²) in [4.78, 5) is 7.32. The highest BCUT2D eigenvalue weighted by molar-refractivity contribution is 6.32. The Kier molecular flexibility index (Phi) is 4.09. The van der Waals surface area contributed by atoms with Crippen molar-refractivity contribution < 1.29 is 13.9 Å². The maximum Gasteiger partial charge on any atom is 0.222 e. The lowest BCUT2D eigenvalue weighted by Crippen LogP contribution is -2.04. The van der Waals surface area contributed by atoms with Crippen LogP contribution in [0.4, 0.5) is 21.8 Å². The highest BCUT2D eigenvalue weighted by atomic mass is 35.5. The van der Waals surface area contributed by atoms with Crippen LogP contribution in [0.15, 0.2) is 18.3 Å². The topological polar surface area (TPSA) is 82.3 Å². The predicted octanol–water partition coefficient (Wildman–Crippen LogP) is 2.61. The summed E-state index contributed by atoms with van der Waals surface area (Å²) in [6.07, 6.45) is 0.976. The first-order chi connectivity index (χ1) is 9.55. The lowest BCUT2D eigenvalue weighted by molar-refractivity contribution is 0.405. The molecule has 1 aromatic carbocycles. The van der Waals surface area contributed by atoms with Gasteiger partial charge in [-0.05, 0) is 0 Å². The van der Waals surface area contributed by atoms with Gasteiger partial charge in [0.1, 0.15) is 11.5 Å². The van der Waals surface area contributed by atoms with E-state index in [1.807, 2.05) is 0 Å². The fourth-order valence-electron chi connectivity index (χ4n) is 1.55. The Balaban J connectivity index is 2.44. The van der Waals surface area contributed by atoms with Crippen molar-refractivity contribution in [1.82, 2.24) is 9.97 Å². The standard InChI is InChI=1S/C12H12ClFN4O2/c1-19-9-4-8(10(20-2)3-6(9)13)17-11-7(14)5-16-12(15)18-11/h3-5H,1-2H3,(H3,15,16,17,18). The van der Waals surface area contributed by atoms with Crippen LogP contribution in [-0.2, 0) is 0 Å². The smallest absolute Gasteiger partial charge is 0.222 e. The van der Waals surface area contributed by atoms with Gasteiger partial charge in [0.2, 0.25) is 5.95 Å². The summed E-state index contributed by atoms with van der Waals surface area (Å²) < 4.78 is 23.9. The number of hydrogen-bond acceptors (Lipinski definition) is 6. The lowest BCUT2D eigenvalue weighted by Gasteiger charge is -2.13. The van der Waals surface area contributed by atoms with E-state index in [-0.39, 0.29) is 11.8 Å². The molecule has 0 bridgehead atoms. The third kappa shape index (κ3) is 2.83. The second kappa shape index (κ2) is 5.79. The number of methoxy groups -OCH3 is 2. The molecule has 0 atom stereocenters. The zero-order valence-corrected chi connectivity index (χ0v) is 11.5. The number of nitrogens with two attached hydrogens (primary N) is 1. The first-order valence-electron chi connectivity index (χ1n) is 5.51. The first-order valence-corrected chi connectivity index (χ1v) is 5.89. The summed E-state index contributed by atoms with van der Waals surface area (Å²) >= 11 is 5.99. The minimum absolute atomic E-state index is 0.0474. The van der Waals surface area contributed by atoms with E-state index in [0.29, 0.717) is 22.2 Å². The maximum absolute atomic E-state index is 13.6. The zero-order valence-electron chi connectivity index (χ0n) is 10.8. The van der Waals surface area contributed by atoms with Crippen LogP contribution in [0.3, 0.4) is 0 Å². The van der Waals surface area contributed by atoms with Crippen molar-refractivity contribution in [2.24, 2.45) is 0 Å². The third-order valence-corrected chi connectivity index (χ3v) is 2.79. The molecule has 1 aromatic heterocycles. The molecule has 6 nitrogen and oxygen atoms in total. The van der Waals surface area contributed by atoms with E-state index in [9.17, 15) is 4.39 Å².